The molecule has 0 unspecified atom stereocenters. The molecule has 22 heavy (non-hydrogen) atoms. The van der Waals surface area contributed by atoms with Crippen molar-refractivity contribution in [2.45, 2.75) is 13.5 Å². The summed E-state index contributed by atoms with van der Waals surface area (Å²) < 4.78 is 2.06. The molecule has 0 aliphatic rings. The SMILES string of the molecule is Cc1sc2cnccc2c1NC(=O)NCc1ccccc1Br. The first-order chi connectivity index (χ1) is 10.6. The summed E-state index contributed by atoms with van der Waals surface area (Å²) in [5.41, 5.74) is 1.89. The standard InChI is InChI=1S/C16H14BrN3OS/c1-10-15(12-6-7-18-9-14(12)22-10)20-16(21)19-8-11-4-2-3-5-13(11)17/h2-7,9H,8H2,1H3,(H2,19,20,21). The summed E-state index contributed by atoms with van der Waals surface area (Å²) in [6.07, 6.45) is 3.55. The molecule has 3 rings (SSSR count). The van der Waals surface area contributed by atoms with Crippen LogP contribution >= 0.6 is 27.3 Å². The van der Waals surface area contributed by atoms with Gasteiger partial charge in [-0.05, 0) is 24.6 Å². The van der Waals surface area contributed by atoms with Crippen LogP contribution in [0.5, 0.6) is 0 Å². The summed E-state index contributed by atoms with van der Waals surface area (Å²) in [6, 6.07) is 9.53. The molecule has 6 heteroatoms. The van der Waals surface area contributed by atoms with Gasteiger partial charge in [0.05, 0.1) is 10.4 Å². The van der Waals surface area contributed by atoms with Crippen molar-refractivity contribution in [3.8, 4) is 0 Å². The first kappa shape index (κ1) is 15.0. The van der Waals surface area contributed by atoms with Crippen LogP contribution in [0.2, 0.25) is 0 Å². The molecular weight excluding hydrogens is 362 g/mol. The van der Waals surface area contributed by atoms with Crippen LogP contribution in [0.3, 0.4) is 0 Å². The second-order valence-corrected chi connectivity index (χ2v) is 6.91. The molecule has 0 bridgehead atoms. The smallest absolute Gasteiger partial charge is 0.319 e. The molecule has 0 saturated heterocycles. The average Bonchev–Trinajstić information content (AvgIpc) is 2.83. The van der Waals surface area contributed by atoms with Crippen LogP contribution in [0.1, 0.15) is 10.4 Å². The largest absolute Gasteiger partial charge is 0.334 e. The van der Waals surface area contributed by atoms with Gasteiger partial charge < -0.3 is 10.6 Å². The van der Waals surface area contributed by atoms with E-state index in [0.717, 1.165) is 30.7 Å². The monoisotopic (exact) mass is 375 g/mol. The fourth-order valence-electron chi connectivity index (χ4n) is 2.20. The van der Waals surface area contributed by atoms with Gasteiger partial charge in [-0.2, -0.15) is 0 Å². The van der Waals surface area contributed by atoms with Crippen molar-refractivity contribution in [1.29, 1.82) is 0 Å². The van der Waals surface area contributed by atoms with Crippen LogP contribution in [0.4, 0.5) is 10.5 Å². The second kappa shape index (κ2) is 6.46. The van der Waals surface area contributed by atoms with E-state index in [0.29, 0.717) is 6.54 Å². The fourth-order valence-corrected chi connectivity index (χ4v) is 3.62. The van der Waals surface area contributed by atoms with E-state index in [1.54, 1.807) is 17.5 Å². The number of aryl methyl sites for hydroxylation is 1. The first-order valence-electron chi connectivity index (χ1n) is 6.76. The number of thiophene rings is 1. The summed E-state index contributed by atoms with van der Waals surface area (Å²) in [4.78, 5) is 17.3. The molecule has 0 saturated carbocycles. The van der Waals surface area contributed by atoms with Crippen molar-refractivity contribution in [3.63, 3.8) is 0 Å². The minimum atomic E-state index is -0.213. The Morgan fingerprint density at radius 3 is 2.95 bits per heavy atom. The van der Waals surface area contributed by atoms with Crippen LogP contribution in [0, 0.1) is 6.92 Å². The number of anilines is 1. The number of hydrogen-bond donors (Lipinski definition) is 2. The average molecular weight is 376 g/mol. The third-order valence-corrected chi connectivity index (χ3v) is 5.13. The van der Waals surface area contributed by atoms with Gasteiger partial charge in [-0.25, -0.2) is 4.79 Å². The molecular formula is C16H14BrN3OS. The molecule has 112 valence electrons. The highest BCUT2D eigenvalue weighted by Crippen LogP contribution is 2.34. The Morgan fingerprint density at radius 2 is 2.14 bits per heavy atom. The molecule has 0 radical (unpaired) electrons. The number of amides is 2. The van der Waals surface area contributed by atoms with E-state index in [9.17, 15) is 4.79 Å². The van der Waals surface area contributed by atoms with Gasteiger partial charge in [-0.3, -0.25) is 4.98 Å². The van der Waals surface area contributed by atoms with Crippen molar-refractivity contribution in [1.82, 2.24) is 10.3 Å². The van der Waals surface area contributed by atoms with Gasteiger partial charge in [0, 0.05) is 33.7 Å². The van der Waals surface area contributed by atoms with Crippen molar-refractivity contribution in [2.24, 2.45) is 0 Å². The lowest BCUT2D eigenvalue weighted by Gasteiger charge is -2.09. The van der Waals surface area contributed by atoms with E-state index in [-0.39, 0.29) is 6.03 Å². The molecule has 2 heterocycles. The Bertz CT molecular complexity index is 831. The summed E-state index contributed by atoms with van der Waals surface area (Å²) in [5.74, 6) is 0. The topological polar surface area (TPSA) is 54.0 Å². The molecule has 3 aromatic rings. The van der Waals surface area contributed by atoms with Gasteiger partial charge in [-0.15, -0.1) is 11.3 Å². The highest BCUT2D eigenvalue weighted by molar-refractivity contribution is 9.10. The number of nitrogens with zero attached hydrogens (tertiary/aromatic N) is 1. The second-order valence-electron chi connectivity index (χ2n) is 4.80. The number of carbonyl (C=O) groups is 1. The summed E-state index contributed by atoms with van der Waals surface area (Å²) >= 11 is 5.10. The molecule has 0 aliphatic heterocycles. The number of carbonyl (C=O) groups excluding carboxylic acids is 1. The summed E-state index contributed by atoms with van der Waals surface area (Å²) in [7, 11) is 0. The fraction of sp³-hybridized carbons (Fsp3) is 0.125. The predicted molar refractivity (Wildman–Crippen MR) is 94.4 cm³/mol. The van der Waals surface area contributed by atoms with Gasteiger partial charge in [0.1, 0.15) is 0 Å². The number of fused-ring (bicyclic) bond motifs is 1. The predicted octanol–water partition coefficient (Wildman–Crippen LogP) is 4.69. The molecule has 1 aromatic carbocycles. The third-order valence-electron chi connectivity index (χ3n) is 3.30. The Morgan fingerprint density at radius 1 is 1.32 bits per heavy atom. The molecule has 2 N–H and O–H groups in total. The minimum Gasteiger partial charge on any atom is -0.334 e. The molecule has 0 fully saturated rings. The summed E-state index contributed by atoms with van der Waals surface area (Å²) in [6.45, 7) is 2.46. The molecule has 0 atom stereocenters. The van der Waals surface area contributed by atoms with Crippen LogP contribution < -0.4 is 10.6 Å². The maximum atomic E-state index is 12.1. The molecule has 2 amide bonds. The van der Waals surface area contributed by atoms with E-state index in [2.05, 4.69) is 31.5 Å². The van der Waals surface area contributed by atoms with Crippen molar-refractivity contribution >= 4 is 49.1 Å². The van der Waals surface area contributed by atoms with Crippen molar-refractivity contribution < 1.29 is 4.79 Å². The zero-order chi connectivity index (χ0) is 15.5. The lowest BCUT2D eigenvalue weighted by atomic mass is 10.2. The normalized spacial score (nSPS) is 10.6. The molecule has 4 nitrogen and oxygen atoms in total. The number of pyridine rings is 1. The number of urea groups is 1. The third kappa shape index (κ3) is 3.13. The number of halogens is 1. The number of nitrogens with one attached hydrogen (secondary N) is 2. The first-order valence-corrected chi connectivity index (χ1v) is 8.37. The van der Waals surface area contributed by atoms with Crippen LogP contribution in [0.15, 0.2) is 47.2 Å². The van der Waals surface area contributed by atoms with Crippen molar-refractivity contribution in [3.05, 3.63) is 57.6 Å². The maximum Gasteiger partial charge on any atom is 0.319 e. The number of hydrogen-bond acceptors (Lipinski definition) is 3. The minimum absolute atomic E-state index is 0.213. The lowest BCUT2D eigenvalue weighted by molar-refractivity contribution is 0.251. The highest BCUT2D eigenvalue weighted by atomic mass is 79.9. The van der Waals surface area contributed by atoms with Gasteiger partial charge in [-0.1, -0.05) is 34.1 Å². The van der Waals surface area contributed by atoms with Crippen LogP contribution in [-0.4, -0.2) is 11.0 Å². The van der Waals surface area contributed by atoms with E-state index in [4.69, 9.17) is 0 Å². The Labute approximate surface area is 140 Å². The van der Waals surface area contributed by atoms with Gasteiger partial charge in [0.25, 0.3) is 0 Å². The Kier molecular flexibility index (Phi) is 4.40. The highest BCUT2D eigenvalue weighted by Gasteiger charge is 2.11. The van der Waals surface area contributed by atoms with Gasteiger partial charge in [0.15, 0.2) is 0 Å². The molecule has 0 aliphatic carbocycles. The van der Waals surface area contributed by atoms with E-state index < -0.39 is 0 Å². The molecule has 0 spiro atoms. The quantitative estimate of drug-likeness (QED) is 0.697. The van der Waals surface area contributed by atoms with Gasteiger partial charge in [0.2, 0.25) is 0 Å². The zero-order valence-corrected chi connectivity index (χ0v) is 14.3. The van der Waals surface area contributed by atoms with E-state index in [1.165, 1.54) is 0 Å². The van der Waals surface area contributed by atoms with Crippen LogP contribution in [0.25, 0.3) is 10.1 Å². The number of benzene rings is 1. The number of aromatic nitrogens is 1. The van der Waals surface area contributed by atoms with Crippen molar-refractivity contribution in [2.75, 3.05) is 5.32 Å². The Balaban J connectivity index is 1.71. The van der Waals surface area contributed by atoms with E-state index >= 15 is 0 Å². The Hall–Kier alpha value is -1.92. The van der Waals surface area contributed by atoms with Crippen LogP contribution in [-0.2, 0) is 6.54 Å². The lowest BCUT2D eigenvalue weighted by Crippen LogP contribution is -2.28. The molecule has 2 aromatic heterocycles. The summed E-state index contributed by atoms with van der Waals surface area (Å²) in [5, 5.41) is 6.84. The van der Waals surface area contributed by atoms with Gasteiger partial charge >= 0.3 is 6.03 Å². The maximum absolute atomic E-state index is 12.1. The zero-order valence-electron chi connectivity index (χ0n) is 11.9. The number of rotatable bonds is 3. The van der Waals surface area contributed by atoms with E-state index in [1.807, 2.05) is 43.5 Å².